The lowest BCUT2D eigenvalue weighted by molar-refractivity contribution is 0.418. The number of methoxy groups -OCH3 is 2. The molecule has 25 heavy (non-hydrogen) atoms. The molecule has 0 aromatic heterocycles. The molecule has 5 heteroatoms. The molecule has 0 bridgehead atoms. The Morgan fingerprint density at radius 3 is 1.44 bits per heavy atom. The summed E-state index contributed by atoms with van der Waals surface area (Å²) in [6, 6.07) is 17.0. The Morgan fingerprint density at radius 2 is 1.08 bits per heavy atom. The van der Waals surface area contributed by atoms with Gasteiger partial charge >= 0.3 is 0 Å². The van der Waals surface area contributed by atoms with Crippen LogP contribution in [0.1, 0.15) is 0 Å². The fourth-order valence-corrected chi connectivity index (χ4v) is 18.1. The van der Waals surface area contributed by atoms with Crippen LogP contribution < -0.4 is 20.1 Å². The fraction of sp³-hybridized carbons (Fsp3) is 0.400. The maximum atomic E-state index is 5.58. The minimum absolute atomic E-state index is 0.185. The Hall–Kier alpha value is -0.883. The molecule has 2 rings (SSSR count). The van der Waals surface area contributed by atoms with Gasteiger partial charge in [-0.05, 0) is 37.0 Å². The molecule has 0 saturated heterocycles. The molecule has 0 aliphatic carbocycles. The zero-order valence-corrected chi connectivity index (χ0v) is 19.0. The summed E-state index contributed by atoms with van der Waals surface area (Å²) in [6.45, 7) is 9.89. The van der Waals surface area contributed by atoms with E-state index in [0.717, 1.165) is 11.5 Å². The van der Waals surface area contributed by atoms with Crippen molar-refractivity contribution < 1.29 is 9.47 Å². The van der Waals surface area contributed by atoms with Crippen LogP contribution in [-0.4, -0.2) is 47.2 Å². The number of para-hydroxylation sites is 2. The molecule has 2 aromatic carbocycles. The Balaban J connectivity index is 2.10. The molecule has 0 fully saturated rings. The van der Waals surface area contributed by atoms with Crippen molar-refractivity contribution in [1.82, 2.24) is 0 Å². The van der Waals surface area contributed by atoms with Gasteiger partial charge in [0.25, 0.3) is 0 Å². The highest BCUT2D eigenvalue weighted by Gasteiger charge is 2.28. The van der Waals surface area contributed by atoms with Crippen molar-refractivity contribution in [3.8, 4) is 11.5 Å². The molecule has 0 aliphatic heterocycles. The predicted molar refractivity (Wildman–Crippen MR) is 118 cm³/mol. The monoisotopic (exact) mass is 392 g/mol. The quantitative estimate of drug-likeness (QED) is 0.480. The molecule has 2 atom stereocenters. The molecule has 2 aromatic rings. The first-order valence-corrected chi connectivity index (χ1v) is 15.9. The van der Waals surface area contributed by atoms with E-state index in [4.69, 9.17) is 9.47 Å². The molecular formula is C20H30O2P2Si. The smallest absolute Gasteiger partial charge is 0.126 e. The van der Waals surface area contributed by atoms with Gasteiger partial charge in [-0.1, -0.05) is 65.3 Å². The number of benzene rings is 2. The van der Waals surface area contributed by atoms with E-state index in [2.05, 4.69) is 75.0 Å². The fourth-order valence-electron chi connectivity index (χ4n) is 3.39. The third kappa shape index (κ3) is 5.54. The van der Waals surface area contributed by atoms with Crippen LogP contribution in [0.2, 0.25) is 13.1 Å². The van der Waals surface area contributed by atoms with Gasteiger partial charge in [-0.3, -0.25) is 0 Å². The van der Waals surface area contributed by atoms with Crippen molar-refractivity contribution in [3.63, 3.8) is 0 Å². The zero-order valence-electron chi connectivity index (χ0n) is 16.2. The van der Waals surface area contributed by atoms with Gasteiger partial charge < -0.3 is 9.47 Å². The van der Waals surface area contributed by atoms with Crippen molar-refractivity contribution >= 4 is 34.5 Å². The van der Waals surface area contributed by atoms with Crippen molar-refractivity contribution in [2.45, 2.75) is 13.1 Å². The van der Waals surface area contributed by atoms with Gasteiger partial charge in [0.1, 0.15) is 11.5 Å². The molecule has 0 spiro atoms. The highest BCUT2D eigenvalue weighted by Crippen LogP contribution is 2.42. The number of rotatable bonds is 8. The first-order chi connectivity index (χ1) is 11.9. The van der Waals surface area contributed by atoms with Crippen LogP contribution in [0, 0.1) is 0 Å². The summed E-state index contributed by atoms with van der Waals surface area (Å²) in [4.78, 5) is 0. The average Bonchev–Trinajstić information content (AvgIpc) is 2.60. The number of hydrogen-bond acceptors (Lipinski definition) is 2. The standard InChI is InChI=1S/C20H30O2P2Si/c1-21-17-11-7-9-13-19(17)23(3)15-25(5,6)16-24(4)20-14-10-8-12-18(20)22-2/h7-14H,15-16H2,1-6H3/t23-,24-/m0/s1. The van der Waals surface area contributed by atoms with Crippen LogP contribution in [0.3, 0.4) is 0 Å². The molecule has 0 saturated carbocycles. The maximum Gasteiger partial charge on any atom is 0.126 e. The molecule has 2 nitrogen and oxygen atoms in total. The van der Waals surface area contributed by atoms with E-state index in [9.17, 15) is 0 Å². The van der Waals surface area contributed by atoms with Gasteiger partial charge in [0, 0.05) is 10.6 Å². The van der Waals surface area contributed by atoms with Crippen LogP contribution in [0.25, 0.3) is 0 Å². The van der Waals surface area contributed by atoms with E-state index in [1.165, 1.54) is 22.2 Å². The lowest BCUT2D eigenvalue weighted by Crippen LogP contribution is -2.37. The van der Waals surface area contributed by atoms with Gasteiger partial charge in [0.05, 0.1) is 22.3 Å². The van der Waals surface area contributed by atoms with Crippen LogP contribution >= 0.6 is 15.8 Å². The van der Waals surface area contributed by atoms with E-state index >= 15 is 0 Å². The summed E-state index contributed by atoms with van der Waals surface area (Å²) in [5.41, 5.74) is 0. The van der Waals surface area contributed by atoms with E-state index < -0.39 is 8.07 Å². The minimum Gasteiger partial charge on any atom is -0.496 e. The van der Waals surface area contributed by atoms with Gasteiger partial charge in [-0.25, -0.2) is 0 Å². The molecule has 0 amide bonds. The first-order valence-electron chi connectivity index (χ1n) is 8.56. The third-order valence-corrected chi connectivity index (χ3v) is 17.4. The second-order valence-corrected chi connectivity index (χ2v) is 17.8. The van der Waals surface area contributed by atoms with Gasteiger partial charge in [0.2, 0.25) is 0 Å². The maximum absolute atomic E-state index is 5.58. The third-order valence-electron chi connectivity index (χ3n) is 4.32. The Morgan fingerprint density at radius 1 is 0.720 bits per heavy atom. The van der Waals surface area contributed by atoms with Crippen LogP contribution in [0.5, 0.6) is 11.5 Å². The van der Waals surface area contributed by atoms with Crippen LogP contribution in [-0.2, 0) is 0 Å². The lowest BCUT2D eigenvalue weighted by atomic mass is 10.3. The van der Waals surface area contributed by atoms with Crippen molar-refractivity contribution in [1.29, 1.82) is 0 Å². The number of ether oxygens (including phenoxy) is 2. The summed E-state index contributed by atoms with van der Waals surface area (Å²) >= 11 is 0. The Bertz CT molecular complexity index is 633. The minimum atomic E-state index is -1.32. The van der Waals surface area contributed by atoms with Gasteiger partial charge in [-0.2, -0.15) is 0 Å². The molecule has 0 aliphatic rings. The Labute approximate surface area is 156 Å². The Kier molecular flexibility index (Phi) is 7.49. The highest BCUT2D eigenvalue weighted by atomic mass is 31.1. The van der Waals surface area contributed by atoms with Crippen molar-refractivity contribution in [3.05, 3.63) is 48.5 Å². The van der Waals surface area contributed by atoms with E-state index in [-0.39, 0.29) is 15.8 Å². The summed E-state index contributed by atoms with van der Waals surface area (Å²) < 4.78 is 11.2. The van der Waals surface area contributed by atoms with Gasteiger partial charge in [-0.15, -0.1) is 0 Å². The summed E-state index contributed by atoms with van der Waals surface area (Å²) in [7, 11) is 1.86. The lowest BCUT2D eigenvalue weighted by Gasteiger charge is -2.30. The van der Waals surface area contributed by atoms with Crippen molar-refractivity contribution in [2.24, 2.45) is 0 Å². The molecule has 0 radical (unpaired) electrons. The number of hydrogen-bond donors (Lipinski definition) is 0. The normalized spacial score (nSPS) is 14.0. The van der Waals surface area contributed by atoms with Crippen LogP contribution in [0.4, 0.5) is 0 Å². The first kappa shape index (κ1) is 20.4. The average molecular weight is 392 g/mol. The van der Waals surface area contributed by atoms with Gasteiger partial charge in [0.15, 0.2) is 0 Å². The SMILES string of the molecule is COc1ccccc1[P@@](C)C[Si](C)(C)C[P@](C)c1ccccc1OC. The van der Waals surface area contributed by atoms with Crippen molar-refractivity contribution in [2.75, 3.05) is 39.1 Å². The van der Waals surface area contributed by atoms with E-state index in [1.54, 1.807) is 14.2 Å². The summed E-state index contributed by atoms with van der Waals surface area (Å²) in [6.07, 6.45) is 0. The van der Waals surface area contributed by atoms with Crippen LogP contribution in [0.15, 0.2) is 48.5 Å². The molecule has 136 valence electrons. The zero-order chi connectivity index (χ0) is 18.4. The predicted octanol–water partition coefficient (Wildman–Crippen LogP) is 4.66. The molecule has 0 heterocycles. The highest BCUT2D eigenvalue weighted by molar-refractivity contribution is 7.70. The topological polar surface area (TPSA) is 18.5 Å². The van der Waals surface area contributed by atoms with E-state index in [0.29, 0.717) is 0 Å². The molecular weight excluding hydrogens is 362 g/mol. The summed E-state index contributed by atoms with van der Waals surface area (Å²) in [5.74, 6) is 4.77. The molecule has 0 unspecified atom stereocenters. The molecule has 0 N–H and O–H groups in total. The summed E-state index contributed by atoms with van der Waals surface area (Å²) in [5, 5.41) is 2.80. The second kappa shape index (κ2) is 9.17. The second-order valence-electron chi connectivity index (χ2n) is 7.22. The largest absolute Gasteiger partial charge is 0.496 e. The van der Waals surface area contributed by atoms with E-state index in [1.807, 2.05) is 0 Å².